The Kier molecular flexibility index (Phi) is 3.85. The van der Waals surface area contributed by atoms with E-state index < -0.39 is 34.2 Å². The molecule has 1 aromatic carbocycles. The van der Waals surface area contributed by atoms with Crippen molar-refractivity contribution in [2.24, 2.45) is 5.73 Å². The Morgan fingerprint density at radius 1 is 1.35 bits per heavy atom. The third-order valence-corrected chi connectivity index (χ3v) is 3.26. The number of nitro groups is 1. The van der Waals surface area contributed by atoms with Gasteiger partial charge in [0, 0.05) is 18.2 Å². The number of nitro benzene ring substituents is 1. The van der Waals surface area contributed by atoms with Crippen LogP contribution in [0.25, 0.3) is 0 Å². The number of nitrogens with two attached hydrogens (primary N) is 1. The average molecular weight is 290 g/mol. The molecule has 0 amide bonds. The Labute approximate surface area is 112 Å². The first-order valence-corrected chi connectivity index (χ1v) is 6.07. The van der Waals surface area contributed by atoms with Crippen molar-refractivity contribution in [1.29, 1.82) is 0 Å². The van der Waals surface area contributed by atoms with Crippen molar-refractivity contribution >= 4 is 5.69 Å². The van der Waals surface area contributed by atoms with Crippen LogP contribution >= 0.6 is 0 Å². The van der Waals surface area contributed by atoms with Crippen LogP contribution in [0.15, 0.2) is 18.2 Å². The molecule has 1 aliphatic carbocycles. The Morgan fingerprint density at radius 3 is 2.55 bits per heavy atom. The van der Waals surface area contributed by atoms with Gasteiger partial charge in [0.05, 0.1) is 4.92 Å². The minimum absolute atomic E-state index is 0.314. The van der Waals surface area contributed by atoms with Crippen molar-refractivity contribution < 1.29 is 22.8 Å². The fourth-order valence-electron chi connectivity index (χ4n) is 2.22. The van der Waals surface area contributed by atoms with Crippen molar-refractivity contribution in [2.75, 3.05) is 0 Å². The second kappa shape index (κ2) is 5.28. The standard InChI is InChI=1S/C12H13F3N2O3/c13-12(14,15)8-6-7(17(18)19)4-5-10(8)20-11-3-1-2-9(11)16/h4-6,9,11H,1-3,16H2. The topological polar surface area (TPSA) is 78.4 Å². The Hall–Kier alpha value is -1.83. The minimum atomic E-state index is -4.72. The summed E-state index contributed by atoms with van der Waals surface area (Å²) in [5, 5.41) is 10.6. The van der Waals surface area contributed by atoms with Crippen molar-refractivity contribution in [2.45, 2.75) is 37.6 Å². The van der Waals surface area contributed by atoms with Gasteiger partial charge in [-0.15, -0.1) is 0 Å². The second-order valence-electron chi connectivity index (χ2n) is 4.69. The van der Waals surface area contributed by atoms with Crippen molar-refractivity contribution in [3.8, 4) is 5.75 Å². The van der Waals surface area contributed by atoms with E-state index in [2.05, 4.69) is 0 Å². The molecule has 1 aliphatic rings. The molecule has 0 heterocycles. The summed E-state index contributed by atoms with van der Waals surface area (Å²) in [5.41, 5.74) is 3.98. The summed E-state index contributed by atoms with van der Waals surface area (Å²) in [6, 6.07) is 2.14. The third kappa shape index (κ3) is 3.01. The van der Waals surface area contributed by atoms with Gasteiger partial charge in [-0.25, -0.2) is 0 Å². The van der Waals surface area contributed by atoms with E-state index in [9.17, 15) is 23.3 Å². The summed E-state index contributed by atoms with van der Waals surface area (Å²) in [6.07, 6.45) is -3.14. The summed E-state index contributed by atoms with van der Waals surface area (Å²) in [5.74, 6) is -0.412. The maximum atomic E-state index is 12.9. The summed E-state index contributed by atoms with van der Waals surface area (Å²) in [7, 11) is 0. The molecular weight excluding hydrogens is 277 g/mol. The molecule has 0 aromatic heterocycles. The minimum Gasteiger partial charge on any atom is -0.488 e. The maximum Gasteiger partial charge on any atom is 0.420 e. The lowest BCUT2D eigenvalue weighted by Gasteiger charge is -2.20. The number of rotatable bonds is 3. The fourth-order valence-corrected chi connectivity index (χ4v) is 2.22. The highest BCUT2D eigenvalue weighted by Gasteiger charge is 2.37. The Bertz CT molecular complexity index is 519. The van der Waals surface area contributed by atoms with Crippen LogP contribution in [0, 0.1) is 10.1 Å². The molecule has 110 valence electrons. The molecule has 1 fully saturated rings. The van der Waals surface area contributed by atoms with Crippen LogP contribution in [-0.2, 0) is 6.18 Å². The summed E-state index contributed by atoms with van der Waals surface area (Å²) < 4.78 is 44.1. The smallest absolute Gasteiger partial charge is 0.420 e. The normalized spacial score (nSPS) is 22.8. The first-order valence-electron chi connectivity index (χ1n) is 6.07. The molecule has 1 aromatic rings. The van der Waals surface area contributed by atoms with Crippen LogP contribution in [0.4, 0.5) is 18.9 Å². The van der Waals surface area contributed by atoms with E-state index in [1.165, 1.54) is 0 Å². The lowest BCUT2D eigenvalue weighted by Crippen LogP contribution is -2.34. The molecule has 2 rings (SSSR count). The van der Waals surface area contributed by atoms with Gasteiger partial charge in [-0.1, -0.05) is 0 Å². The van der Waals surface area contributed by atoms with Crippen molar-refractivity contribution in [3.63, 3.8) is 0 Å². The molecule has 8 heteroatoms. The first-order chi connectivity index (χ1) is 9.29. The molecule has 0 aliphatic heterocycles. The Balaban J connectivity index is 2.34. The molecule has 20 heavy (non-hydrogen) atoms. The third-order valence-electron chi connectivity index (χ3n) is 3.26. The molecule has 5 nitrogen and oxygen atoms in total. The van der Waals surface area contributed by atoms with E-state index in [-0.39, 0.29) is 6.04 Å². The Morgan fingerprint density at radius 2 is 2.05 bits per heavy atom. The van der Waals surface area contributed by atoms with E-state index in [1.54, 1.807) is 0 Å². The number of non-ortho nitro benzene ring substituents is 1. The number of benzene rings is 1. The second-order valence-corrected chi connectivity index (χ2v) is 4.69. The monoisotopic (exact) mass is 290 g/mol. The molecule has 0 spiro atoms. The van der Waals surface area contributed by atoms with Crippen LogP contribution in [-0.4, -0.2) is 17.1 Å². The van der Waals surface area contributed by atoms with Gasteiger partial charge in [-0.05, 0) is 25.3 Å². The van der Waals surface area contributed by atoms with E-state index in [1.807, 2.05) is 0 Å². The number of nitrogens with zero attached hydrogens (tertiary/aromatic N) is 1. The van der Waals surface area contributed by atoms with Gasteiger partial charge in [0.1, 0.15) is 17.4 Å². The molecular formula is C12H13F3N2O3. The van der Waals surface area contributed by atoms with Gasteiger partial charge in [0.15, 0.2) is 0 Å². The van der Waals surface area contributed by atoms with Gasteiger partial charge in [-0.2, -0.15) is 13.2 Å². The summed E-state index contributed by atoms with van der Waals surface area (Å²) in [4.78, 5) is 9.69. The van der Waals surface area contributed by atoms with Gasteiger partial charge < -0.3 is 10.5 Å². The molecule has 0 radical (unpaired) electrons. The SMILES string of the molecule is NC1CCCC1Oc1ccc([N+](=O)[O-])cc1C(F)(F)F. The van der Waals surface area contributed by atoms with Crippen LogP contribution in [0.2, 0.25) is 0 Å². The molecule has 2 atom stereocenters. The van der Waals surface area contributed by atoms with E-state index in [4.69, 9.17) is 10.5 Å². The highest BCUT2D eigenvalue weighted by atomic mass is 19.4. The van der Waals surface area contributed by atoms with Gasteiger partial charge in [-0.3, -0.25) is 10.1 Å². The van der Waals surface area contributed by atoms with Gasteiger partial charge in [0.25, 0.3) is 5.69 Å². The number of hydrogen-bond donors (Lipinski definition) is 1. The molecule has 2 unspecified atom stereocenters. The lowest BCUT2D eigenvalue weighted by molar-refractivity contribution is -0.385. The van der Waals surface area contributed by atoms with Crippen LogP contribution in [0.5, 0.6) is 5.75 Å². The summed E-state index contributed by atoms with van der Waals surface area (Å²) >= 11 is 0. The van der Waals surface area contributed by atoms with Gasteiger partial charge >= 0.3 is 6.18 Å². The summed E-state index contributed by atoms with van der Waals surface area (Å²) in [6.45, 7) is 0. The molecule has 0 bridgehead atoms. The maximum absolute atomic E-state index is 12.9. The number of hydrogen-bond acceptors (Lipinski definition) is 4. The zero-order valence-electron chi connectivity index (χ0n) is 10.4. The zero-order valence-corrected chi connectivity index (χ0v) is 10.4. The highest BCUT2D eigenvalue weighted by molar-refractivity contribution is 5.45. The number of alkyl halides is 3. The first kappa shape index (κ1) is 14.6. The molecule has 2 N–H and O–H groups in total. The highest BCUT2D eigenvalue weighted by Crippen LogP contribution is 2.39. The fraction of sp³-hybridized carbons (Fsp3) is 0.500. The van der Waals surface area contributed by atoms with Crippen LogP contribution in [0.3, 0.4) is 0 Å². The number of halogens is 3. The van der Waals surface area contributed by atoms with Crippen molar-refractivity contribution in [3.05, 3.63) is 33.9 Å². The van der Waals surface area contributed by atoms with E-state index in [0.717, 1.165) is 18.6 Å². The number of ether oxygens (including phenoxy) is 1. The van der Waals surface area contributed by atoms with Crippen LogP contribution in [0.1, 0.15) is 24.8 Å². The predicted molar refractivity (Wildman–Crippen MR) is 64.3 cm³/mol. The molecule has 1 saturated carbocycles. The predicted octanol–water partition coefficient (Wildman–Crippen LogP) is 2.87. The zero-order chi connectivity index (χ0) is 14.9. The molecule has 0 saturated heterocycles. The largest absolute Gasteiger partial charge is 0.488 e. The average Bonchev–Trinajstić information content (AvgIpc) is 2.74. The van der Waals surface area contributed by atoms with E-state index in [0.29, 0.717) is 18.9 Å². The lowest BCUT2D eigenvalue weighted by atomic mass is 10.1. The van der Waals surface area contributed by atoms with Crippen LogP contribution < -0.4 is 10.5 Å². The van der Waals surface area contributed by atoms with E-state index >= 15 is 0 Å². The van der Waals surface area contributed by atoms with Crippen molar-refractivity contribution in [1.82, 2.24) is 0 Å². The quantitative estimate of drug-likeness (QED) is 0.685. The van der Waals surface area contributed by atoms with Gasteiger partial charge in [0.2, 0.25) is 0 Å².